The molecule has 6 nitrogen and oxygen atoms in total. The van der Waals surface area contributed by atoms with Gasteiger partial charge in [-0.05, 0) is 62.0 Å². The fourth-order valence-corrected chi connectivity index (χ4v) is 4.28. The zero-order valence-electron chi connectivity index (χ0n) is 16.3. The molecule has 3 aromatic rings. The van der Waals surface area contributed by atoms with E-state index in [1.165, 1.54) is 5.56 Å². The van der Waals surface area contributed by atoms with Gasteiger partial charge in [-0.2, -0.15) is 0 Å². The highest BCUT2D eigenvalue weighted by Gasteiger charge is 2.41. The zero-order chi connectivity index (χ0) is 20.0. The number of hydrogen-bond donors (Lipinski definition) is 1. The second kappa shape index (κ2) is 7.08. The van der Waals surface area contributed by atoms with E-state index in [4.69, 9.17) is 21.7 Å². The lowest BCUT2D eigenvalue weighted by Gasteiger charge is -2.27. The van der Waals surface area contributed by atoms with Crippen molar-refractivity contribution in [2.45, 2.75) is 32.0 Å². The first-order chi connectivity index (χ1) is 14.1. The van der Waals surface area contributed by atoms with Gasteiger partial charge >= 0.3 is 0 Å². The average Bonchev–Trinajstić information content (AvgIpc) is 3.46. The van der Waals surface area contributed by atoms with Crippen LogP contribution in [-0.2, 0) is 0 Å². The van der Waals surface area contributed by atoms with E-state index in [1.54, 1.807) is 0 Å². The molecule has 1 fully saturated rings. The van der Waals surface area contributed by atoms with E-state index >= 15 is 0 Å². The molecule has 2 atom stereocenters. The van der Waals surface area contributed by atoms with Gasteiger partial charge in [0.2, 0.25) is 6.79 Å². The van der Waals surface area contributed by atoms with E-state index in [-0.39, 0.29) is 18.9 Å². The molecule has 2 aliphatic rings. The summed E-state index contributed by atoms with van der Waals surface area (Å²) in [4.78, 5) is 6.75. The van der Waals surface area contributed by atoms with Gasteiger partial charge in [-0.15, -0.1) is 0 Å². The quantitative estimate of drug-likeness (QED) is 0.650. The minimum atomic E-state index is -0.0582. The number of thiocarbonyl (C=S) groups is 1. The molecule has 5 rings (SSSR count). The van der Waals surface area contributed by atoms with E-state index in [0.29, 0.717) is 11.2 Å². The molecule has 0 spiro atoms. The van der Waals surface area contributed by atoms with E-state index in [0.717, 1.165) is 22.9 Å². The van der Waals surface area contributed by atoms with Gasteiger partial charge in [0.1, 0.15) is 0 Å². The van der Waals surface area contributed by atoms with Crippen molar-refractivity contribution in [3.8, 4) is 11.5 Å². The minimum Gasteiger partial charge on any atom is -0.454 e. The van der Waals surface area contributed by atoms with Crippen molar-refractivity contribution < 1.29 is 9.47 Å². The lowest BCUT2D eigenvalue weighted by Crippen LogP contribution is -2.29. The molecule has 0 saturated carbocycles. The zero-order valence-corrected chi connectivity index (χ0v) is 17.1. The predicted molar refractivity (Wildman–Crippen MR) is 115 cm³/mol. The molecule has 1 N–H and O–H groups in total. The normalized spacial score (nSPS) is 20.4. The molecule has 148 valence electrons. The van der Waals surface area contributed by atoms with Crippen molar-refractivity contribution in [1.29, 1.82) is 0 Å². The van der Waals surface area contributed by atoms with Crippen LogP contribution < -0.4 is 19.7 Å². The van der Waals surface area contributed by atoms with Crippen molar-refractivity contribution in [2.75, 3.05) is 11.7 Å². The highest BCUT2D eigenvalue weighted by molar-refractivity contribution is 7.80. The first-order valence-electron chi connectivity index (χ1n) is 9.69. The molecule has 0 unspecified atom stereocenters. The first kappa shape index (κ1) is 18.0. The van der Waals surface area contributed by atoms with Crippen LogP contribution >= 0.6 is 12.2 Å². The lowest BCUT2D eigenvalue weighted by molar-refractivity contribution is 0.174. The number of nitrogens with one attached hydrogen (secondary N) is 1. The van der Waals surface area contributed by atoms with Gasteiger partial charge in [-0.1, -0.05) is 6.07 Å². The Labute approximate surface area is 175 Å². The highest BCUT2D eigenvalue weighted by atomic mass is 32.1. The summed E-state index contributed by atoms with van der Waals surface area (Å²) in [7, 11) is 0. The smallest absolute Gasteiger partial charge is 0.231 e. The molecular formula is C22H22N4O2S. The van der Waals surface area contributed by atoms with Crippen molar-refractivity contribution in [3.05, 3.63) is 72.3 Å². The maximum Gasteiger partial charge on any atom is 0.231 e. The molecule has 0 amide bonds. The number of rotatable bonds is 4. The van der Waals surface area contributed by atoms with Crippen molar-refractivity contribution in [3.63, 3.8) is 0 Å². The summed E-state index contributed by atoms with van der Waals surface area (Å²) < 4.78 is 13.3. The summed E-state index contributed by atoms with van der Waals surface area (Å²) in [6, 6.07) is 14.4. The van der Waals surface area contributed by atoms with E-state index < -0.39 is 0 Å². The molecule has 29 heavy (non-hydrogen) atoms. The number of pyridine rings is 1. The van der Waals surface area contributed by atoms with Crippen LogP contribution in [0.5, 0.6) is 11.5 Å². The molecular weight excluding hydrogens is 384 g/mol. The third-order valence-corrected chi connectivity index (χ3v) is 5.72. The first-order valence-corrected chi connectivity index (χ1v) is 10.1. The second-order valence-electron chi connectivity index (χ2n) is 7.52. The molecule has 2 aliphatic heterocycles. The Morgan fingerprint density at radius 3 is 2.76 bits per heavy atom. The predicted octanol–water partition coefficient (Wildman–Crippen LogP) is 4.37. The molecule has 2 aromatic heterocycles. The summed E-state index contributed by atoms with van der Waals surface area (Å²) in [6.45, 7) is 4.60. The third kappa shape index (κ3) is 3.11. The fourth-order valence-electron chi connectivity index (χ4n) is 3.93. The highest BCUT2D eigenvalue weighted by Crippen LogP contribution is 2.44. The minimum absolute atomic E-state index is 0.0298. The molecule has 0 radical (unpaired) electrons. The monoisotopic (exact) mass is 406 g/mol. The standard InChI is InChI=1S/C22H22N4O2S/c1-14(2)25-10-8-15(12-25)21-20(17-5-3-4-9-23-17)24-22(29)26(21)16-6-7-18-19(11-16)28-13-27-18/h3-12,14,20-21H,13H2,1-2H3,(H,24,29)/t20-,21-/m0/s1. The van der Waals surface area contributed by atoms with Crippen molar-refractivity contribution >= 4 is 23.0 Å². The number of hydrogen-bond acceptors (Lipinski definition) is 4. The fraction of sp³-hybridized carbons (Fsp3) is 0.273. The Kier molecular flexibility index (Phi) is 4.39. The molecule has 7 heteroatoms. The maximum absolute atomic E-state index is 5.77. The second-order valence-corrected chi connectivity index (χ2v) is 7.91. The molecule has 0 bridgehead atoms. The van der Waals surface area contributed by atoms with Gasteiger partial charge in [-0.3, -0.25) is 4.98 Å². The Balaban J connectivity index is 1.60. The van der Waals surface area contributed by atoms with Crippen LogP contribution in [0.3, 0.4) is 0 Å². The Morgan fingerprint density at radius 2 is 2.00 bits per heavy atom. The summed E-state index contributed by atoms with van der Waals surface area (Å²) in [6.07, 6.45) is 6.13. The molecule has 1 aromatic carbocycles. The van der Waals surface area contributed by atoms with Gasteiger partial charge in [0.25, 0.3) is 0 Å². The topological polar surface area (TPSA) is 51.6 Å². The third-order valence-electron chi connectivity index (χ3n) is 5.41. The van der Waals surface area contributed by atoms with Crippen LogP contribution in [-0.4, -0.2) is 21.5 Å². The van der Waals surface area contributed by atoms with Crippen LogP contribution in [0.25, 0.3) is 0 Å². The summed E-state index contributed by atoms with van der Waals surface area (Å²) in [5.74, 6) is 1.50. The van der Waals surface area contributed by atoms with Gasteiger partial charge in [0.15, 0.2) is 16.6 Å². The van der Waals surface area contributed by atoms with Gasteiger partial charge in [0, 0.05) is 36.4 Å². The van der Waals surface area contributed by atoms with E-state index in [1.807, 2.05) is 42.6 Å². The van der Waals surface area contributed by atoms with Crippen LogP contribution in [0.1, 0.15) is 43.2 Å². The Bertz CT molecular complexity index is 1050. The van der Waals surface area contributed by atoms with Gasteiger partial charge in [0.05, 0.1) is 17.8 Å². The Morgan fingerprint density at radius 1 is 1.14 bits per heavy atom. The van der Waals surface area contributed by atoms with Crippen molar-refractivity contribution in [2.24, 2.45) is 0 Å². The number of anilines is 1. The van der Waals surface area contributed by atoms with E-state index in [9.17, 15) is 0 Å². The Hall–Kier alpha value is -3.06. The van der Waals surface area contributed by atoms with E-state index in [2.05, 4.69) is 52.1 Å². The SMILES string of the molecule is CC(C)n1ccc([C@H]2[C@H](c3ccccn3)NC(=S)N2c2ccc3c(c2)OCO3)c1. The average molecular weight is 407 g/mol. The maximum atomic E-state index is 5.77. The largest absolute Gasteiger partial charge is 0.454 e. The molecule has 1 saturated heterocycles. The van der Waals surface area contributed by atoms with Gasteiger partial charge < -0.3 is 24.3 Å². The molecule has 0 aliphatic carbocycles. The summed E-state index contributed by atoms with van der Waals surface area (Å²) in [5, 5.41) is 4.16. The summed E-state index contributed by atoms with van der Waals surface area (Å²) in [5.41, 5.74) is 3.10. The number of ether oxygens (including phenoxy) is 2. The summed E-state index contributed by atoms with van der Waals surface area (Å²) >= 11 is 5.77. The number of aromatic nitrogens is 2. The number of nitrogens with zero attached hydrogens (tertiary/aromatic N) is 3. The van der Waals surface area contributed by atoms with Crippen LogP contribution in [0, 0.1) is 0 Å². The number of fused-ring (bicyclic) bond motifs is 1. The van der Waals surface area contributed by atoms with Crippen molar-refractivity contribution in [1.82, 2.24) is 14.9 Å². The molecule has 4 heterocycles. The van der Waals surface area contributed by atoms with Gasteiger partial charge in [-0.25, -0.2) is 0 Å². The lowest BCUT2D eigenvalue weighted by atomic mass is 9.98. The number of benzene rings is 1. The van der Waals surface area contributed by atoms with Crippen LogP contribution in [0.4, 0.5) is 5.69 Å². The van der Waals surface area contributed by atoms with Crippen LogP contribution in [0.15, 0.2) is 61.1 Å². The van der Waals surface area contributed by atoms with Crippen LogP contribution in [0.2, 0.25) is 0 Å².